The van der Waals surface area contributed by atoms with Gasteiger partial charge in [0.15, 0.2) is 0 Å². The van der Waals surface area contributed by atoms with Crippen LogP contribution in [-0.4, -0.2) is 31.6 Å². The van der Waals surface area contributed by atoms with E-state index in [-0.39, 0.29) is 11.9 Å². The highest BCUT2D eigenvalue weighted by atomic mass is 19.1. The van der Waals surface area contributed by atoms with Gasteiger partial charge in [-0.3, -0.25) is 4.90 Å². The summed E-state index contributed by atoms with van der Waals surface area (Å²) in [5.74, 6) is 0.417. The van der Waals surface area contributed by atoms with Crippen LogP contribution in [0.5, 0.6) is 5.75 Å². The second-order valence-electron chi connectivity index (χ2n) is 7.48. The highest BCUT2D eigenvalue weighted by Gasteiger charge is 2.30. The van der Waals surface area contributed by atoms with Crippen LogP contribution in [0, 0.1) is 17.1 Å². The lowest BCUT2D eigenvalue weighted by atomic mass is 9.99. The average Bonchev–Trinajstić information content (AvgIpc) is 2.80. The van der Waals surface area contributed by atoms with Crippen LogP contribution in [0.4, 0.5) is 10.1 Å². The summed E-state index contributed by atoms with van der Waals surface area (Å²) in [6.07, 6.45) is 0. The number of hydrogen-bond donors (Lipinski definition) is 0. The van der Waals surface area contributed by atoms with Crippen molar-refractivity contribution >= 4 is 5.69 Å². The molecule has 0 bridgehead atoms. The first-order valence-corrected chi connectivity index (χ1v) is 10.0. The maximum absolute atomic E-state index is 13.6. The van der Waals surface area contributed by atoms with Crippen molar-refractivity contribution in [3.63, 3.8) is 0 Å². The Kier molecular flexibility index (Phi) is 5.97. The SMILES string of the molecule is COc1ccc(N2CCN(Cc3ccccc3)C[C@H]2c2ccc(F)cc2)c(C#N)c1. The van der Waals surface area contributed by atoms with Crippen LogP contribution < -0.4 is 9.64 Å². The van der Waals surface area contributed by atoms with Gasteiger partial charge in [-0.25, -0.2) is 4.39 Å². The second kappa shape index (κ2) is 8.98. The van der Waals surface area contributed by atoms with Gasteiger partial charge in [0.1, 0.15) is 17.6 Å². The lowest BCUT2D eigenvalue weighted by Crippen LogP contribution is -2.48. The maximum atomic E-state index is 13.6. The average molecular weight is 401 g/mol. The van der Waals surface area contributed by atoms with Crippen molar-refractivity contribution in [3.05, 3.63) is 95.3 Å². The summed E-state index contributed by atoms with van der Waals surface area (Å²) < 4.78 is 18.8. The first-order valence-electron chi connectivity index (χ1n) is 10.0. The van der Waals surface area contributed by atoms with Crippen LogP contribution in [0.1, 0.15) is 22.7 Å². The molecule has 0 N–H and O–H groups in total. The molecule has 0 unspecified atom stereocenters. The predicted octanol–water partition coefficient (Wildman–Crippen LogP) is 4.77. The molecule has 0 aliphatic carbocycles. The third-order valence-corrected chi connectivity index (χ3v) is 5.60. The molecule has 1 heterocycles. The van der Waals surface area contributed by atoms with Crippen LogP contribution >= 0.6 is 0 Å². The standard InChI is InChI=1S/C25H24FN3O/c1-30-23-11-12-24(21(15-23)16-27)29-14-13-28(17-19-5-3-2-4-6-19)18-25(29)20-7-9-22(26)10-8-20/h2-12,15,25H,13-14,17-18H2,1H3/t25-/m0/s1. The molecule has 0 saturated carbocycles. The van der Waals surface area contributed by atoms with Crippen LogP contribution in [0.3, 0.4) is 0 Å². The molecule has 3 aromatic carbocycles. The lowest BCUT2D eigenvalue weighted by Gasteiger charge is -2.43. The molecule has 0 spiro atoms. The van der Waals surface area contributed by atoms with Gasteiger partial charge in [0.05, 0.1) is 24.4 Å². The van der Waals surface area contributed by atoms with Crippen molar-refractivity contribution in [3.8, 4) is 11.8 Å². The van der Waals surface area contributed by atoms with Gasteiger partial charge in [0, 0.05) is 26.2 Å². The fourth-order valence-electron chi connectivity index (χ4n) is 4.07. The smallest absolute Gasteiger partial charge is 0.123 e. The minimum absolute atomic E-state index is 0.0172. The summed E-state index contributed by atoms with van der Waals surface area (Å²) in [5.41, 5.74) is 3.77. The Bertz CT molecular complexity index is 1030. The Morgan fingerprint density at radius 1 is 1.03 bits per heavy atom. The molecule has 0 radical (unpaired) electrons. The first-order chi connectivity index (χ1) is 14.7. The van der Waals surface area contributed by atoms with E-state index in [1.807, 2.05) is 30.3 Å². The van der Waals surface area contributed by atoms with Gasteiger partial charge in [-0.1, -0.05) is 42.5 Å². The predicted molar refractivity (Wildman–Crippen MR) is 116 cm³/mol. The van der Waals surface area contributed by atoms with E-state index in [0.29, 0.717) is 11.3 Å². The largest absolute Gasteiger partial charge is 0.497 e. The number of anilines is 1. The Morgan fingerprint density at radius 3 is 2.50 bits per heavy atom. The molecule has 5 heteroatoms. The highest BCUT2D eigenvalue weighted by Crippen LogP contribution is 2.34. The van der Waals surface area contributed by atoms with Crippen molar-refractivity contribution in [2.45, 2.75) is 12.6 Å². The number of nitrogens with zero attached hydrogens (tertiary/aromatic N) is 3. The Labute approximate surface area is 176 Å². The Hall–Kier alpha value is -3.36. The third-order valence-electron chi connectivity index (χ3n) is 5.60. The van der Waals surface area contributed by atoms with Crippen molar-refractivity contribution in [2.75, 3.05) is 31.6 Å². The van der Waals surface area contributed by atoms with E-state index in [1.165, 1.54) is 17.7 Å². The zero-order valence-electron chi connectivity index (χ0n) is 17.0. The molecule has 0 aromatic heterocycles. The van der Waals surface area contributed by atoms with Crippen molar-refractivity contribution in [1.29, 1.82) is 5.26 Å². The molecule has 0 amide bonds. The van der Waals surface area contributed by atoms with Crippen LogP contribution in [0.25, 0.3) is 0 Å². The molecular weight excluding hydrogens is 377 g/mol. The van der Waals surface area contributed by atoms with Crippen LogP contribution in [0.15, 0.2) is 72.8 Å². The van der Waals surface area contributed by atoms with Crippen molar-refractivity contribution in [2.24, 2.45) is 0 Å². The van der Waals surface area contributed by atoms with Crippen LogP contribution in [-0.2, 0) is 6.54 Å². The number of halogens is 1. The maximum Gasteiger partial charge on any atom is 0.123 e. The van der Waals surface area contributed by atoms with E-state index in [2.05, 4.69) is 40.1 Å². The number of hydrogen-bond acceptors (Lipinski definition) is 4. The fourth-order valence-corrected chi connectivity index (χ4v) is 4.07. The molecule has 3 aromatic rings. The number of methoxy groups -OCH3 is 1. The monoisotopic (exact) mass is 401 g/mol. The number of piperazine rings is 1. The molecule has 1 aliphatic rings. The zero-order valence-corrected chi connectivity index (χ0v) is 17.0. The van der Waals surface area contributed by atoms with Gasteiger partial charge < -0.3 is 9.64 Å². The highest BCUT2D eigenvalue weighted by molar-refractivity contribution is 5.63. The van der Waals surface area contributed by atoms with Gasteiger partial charge in [-0.15, -0.1) is 0 Å². The quantitative estimate of drug-likeness (QED) is 0.617. The summed E-state index contributed by atoms with van der Waals surface area (Å²) in [4.78, 5) is 4.67. The van der Waals surface area contributed by atoms with Gasteiger partial charge in [-0.2, -0.15) is 5.26 Å². The van der Waals surface area contributed by atoms with Crippen LogP contribution in [0.2, 0.25) is 0 Å². The van der Waals surface area contributed by atoms with Gasteiger partial charge in [0.2, 0.25) is 0 Å². The molecule has 4 nitrogen and oxygen atoms in total. The molecule has 1 fully saturated rings. The van der Waals surface area contributed by atoms with Crippen molar-refractivity contribution in [1.82, 2.24) is 4.90 Å². The summed E-state index contributed by atoms with van der Waals surface area (Å²) in [7, 11) is 1.60. The summed E-state index contributed by atoms with van der Waals surface area (Å²) in [6.45, 7) is 3.30. The lowest BCUT2D eigenvalue weighted by molar-refractivity contribution is 0.215. The number of ether oxygens (including phenoxy) is 1. The molecule has 1 atom stereocenters. The number of rotatable bonds is 5. The fraction of sp³-hybridized carbons (Fsp3) is 0.240. The van der Waals surface area contributed by atoms with E-state index < -0.39 is 0 Å². The second-order valence-corrected chi connectivity index (χ2v) is 7.48. The molecular formula is C25H24FN3O. The summed E-state index contributed by atoms with van der Waals surface area (Å²) in [5, 5.41) is 9.72. The van der Waals surface area contributed by atoms with E-state index in [1.54, 1.807) is 13.2 Å². The van der Waals surface area contributed by atoms with E-state index in [9.17, 15) is 9.65 Å². The zero-order chi connectivity index (χ0) is 20.9. The normalized spacial score (nSPS) is 16.8. The number of nitriles is 1. The van der Waals surface area contributed by atoms with E-state index >= 15 is 0 Å². The van der Waals surface area contributed by atoms with Gasteiger partial charge in [-0.05, 0) is 41.5 Å². The molecule has 152 valence electrons. The van der Waals surface area contributed by atoms with E-state index in [0.717, 1.165) is 37.4 Å². The Morgan fingerprint density at radius 2 is 1.80 bits per heavy atom. The minimum atomic E-state index is -0.246. The van der Waals surface area contributed by atoms with Gasteiger partial charge in [0.25, 0.3) is 0 Å². The third kappa shape index (κ3) is 4.29. The van der Waals surface area contributed by atoms with E-state index in [4.69, 9.17) is 4.74 Å². The molecule has 4 rings (SSSR count). The molecule has 1 saturated heterocycles. The first kappa shape index (κ1) is 19.9. The Balaban J connectivity index is 1.66. The topological polar surface area (TPSA) is 39.5 Å². The summed E-state index contributed by atoms with van der Waals surface area (Å²) >= 11 is 0. The molecule has 1 aliphatic heterocycles. The van der Waals surface area contributed by atoms with Gasteiger partial charge >= 0.3 is 0 Å². The summed E-state index contributed by atoms with van der Waals surface area (Å²) in [6, 6.07) is 25.0. The molecule has 30 heavy (non-hydrogen) atoms. The number of benzene rings is 3. The van der Waals surface area contributed by atoms with Crippen molar-refractivity contribution < 1.29 is 9.13 Å². The minimum Gasteiger partial charge on any atom is -0.497 e.